The highest BCUT2D eigenvalue weighted by Crippen LogP contribution is 2.35. The van der Waals surface area contributed by atoms with Gasteiger partial charge in [0.2, 0.25) is 0 Å². The van der Waals surface area contributed by atoms with Gasteiger partial charge in [-0.2, -0.15) is 0 Å². The maximum atomic E-state index is 5.70. The molecule has 0 radical (unpaired) electrons. The Hall–Kier alpha value is -0.450. The second-order valence-corrected chi connectivity index (χ2v) is 8.11. The van der Waals surface area contributed by atoms with Crippen molar-refractivity contribution in [3.8, 4) is 0 Å². The molecular formula is C16H26N2OS. The number of ether oxygens (including phenoxy) is 1. The van der Waals surface area contributed by atoms with E-state index in [9.17, 15) is 0 Å². The molecule has 1 saturated heterocycles. The molecule has 2 heterocycles. The molecule has 112 valence electrons. The number of thiazole rings is 1. The third-order valence-corrected chi connectivity index (χ3v) is 5.14. The fourth-order valence-electron chi connectivity index (χ4n) is 2.72. The minimum absolute atomic E-state index is 0.141. The van der Waals surface area contributed by atoms with Gasteiger partial charge in [0.1, 0.15) is 5.01 Å². The number of aromatic nitrogens is 1. The fraction of sp³-hybridized carbons (Fsp3) is 0.812. The van der Waals surface area contributed by atoms with Crippen LogP contribution in [0.1, 0.15) is 63.2 Å². The monoisotopic (exact) mass is 294 g/mol. The van der Waals surface area contributed by atoms with Crippen molar-refractivity contribution in [2.24, 2.45) is 5.92 Å². The third kappa shape index (κ3) is 3.41. The SMILES string of the molecule is CC(C)(C)c1csc(C(NC2CC2)C2CCCOC2)n1. The summed E-state index contributed by atoms with van der Waals surface area (Å²) in [5, 5.41) is 7.31. The normalized spacial score (nSPS) is 25.6. The molecule has 4 heteroatoms. The molecule has 2 atom stereocenters. The van der Waals surface area contributed by atoms with Crippen molar-refractivity contribution in [2.45, 2.75) is 64.0 Å². The van der Waals surface area contributed by atoms with Crippen molar-refractivity contribution < 1.29 is 4.74 Å². The summed E-state index contributed by atoms with van der Waals surface area (Å²) in [4.78, 5) is 4.94. The van der Waals surface area contributed by atoms with Crippen molar-refractivity contribution in [1.29, 1.82) is 0 Å². The zero-order valence-corrected chi connectivity index (χ0v) is 13.6. The lowest BCUT2D eigenvalue weighted by molar-refractivity contribution is 0.0386. The summed E-state index contributed by atoms with van der Waals surface area (Å²) in [7, 11) is 0. The smallest absolute Gasteiger partial charge is 0.110 e. The van der Waals surface area contributed by atoms with Crippen LogP contribution in [0.2, 0.25) is 0 Å². The van der Waals surface area contributed by atoms with Crippen LogP contribution in [0.5, 0.6) is 0 Å². The molecule has 20 heavy (non-hydrogen) atoms. The highest BCUT2D eigenvalue weighted by molar-refractivity contribution is 7.09. The van der Waals surface area contributed by atoms with Gasteiger partial charge < -0.3 is 10.1 Å². The lowest BCUT2D eigenvalue weighted by Gasteiger charge is -2.30. The van der Waals surface area contributed by atoms with Crippen molar-refractivity contribution >= 4 is 11.3 Å². The maximum absolute atomic E-state index is 5.70. The molecule has 1 saturated carbocycles. The van der Waals surface area contributed by atoms with E-state index in [1.165, 1.54) is 36.4 Å². The topological polar surface area (TPSA) is 34.1 Å². The summed E-state index contributed by atoms with van der Waals surface area (Å²) >= 11 is 1.82. The van der Waals surface area contributed by atoms with E-state index in [0.29, 0.717) is 18.0 Å². The highest BCUT2D eigenvalue weighted by Gasteiger charge is 2.33. The molecule has 1 N–H and O–H groups in total. The first-order valence-electron chi connectivity index (χ1n) is 7.84. The minimum atomic E-state index is 0.141. The molecule has 0 aromatic carbocycles. The van der Waals surface area contributed by atoms with Gasteiger partial charge in [0.25, 0.3) is 0 Å². The predicted octanol–water partition coefficient (Wildman–Crippen LogP) is 3.66. The van der Waals surface area contributed by atoms with Gasteiger partial charge in [-0.3, -0.25) is 0 Å². The molecule has 1 aliphatic heterocycles. The largest absolute Gasteiger partial charge is 0.381 e. The zero-order chi connectivity index (χ0) is 14.2. The summed E-state index contributed by atoms with van der Waals surface area (Å²) in [6.07, 6.45) is 5.09. The van der Waals surface area contributed by atoms with Gasteiger partial charge in [-0.1, -0.05) is 20.8 Å². The van der Waals surface area contributed by atoms with Crippen LogP contribution in [-0.4, -0.2) is 24.2 Å². The van der Waals surface area contributed by atoms with Crippen molar-refractivity contribution in [3.05, 3.63) is 16.1 Å². The maximum Gasteiger partial charge on any atom is 0.110 e. The summed E-state index contributed by atoms with van der Waals surface area (Å²) in [6.45, 7) is 8.52. The average Bonchev–Trinajstić information content (AvgIpc) is 3.09. The van der Waals surface area contributed by atoms with Crippen LogP contribution >= 0.6 is 11.3 Å². The van der Waals surface area contributed by atoms with E-state index in [1.54, 1.807) is 0 Å². The second-order valence-electron chi connectivity index (χ2n) is 7.22. The van der Waals surface area contributed by atoms with E-state index in [4.69, 9.17) is 9.72 Å². The van der Waals surface area contributed by atoms with Crippen LogP contribution in [0.3, 0.4) is 0 Å². The van der Waals surface area contributed by atoms with E-state index in [0.717, 1.165) is 13.2 Å². The molecule has 2 unspecified atom stereocenters. The molecular weight excluding hydrogens is 268 g/mol. The van der Waals surface area contributed by atoms with Crippen molar-refractivity contribution in [1.82, 2.24) is 10.3 Å². The number of hydrogen-bond acceptors (Lipinski definition) is 4. The van der Waals surface area contributed by atoms with Gasteiger partial charge in [-0.05, 0) is 25.7 Å². The Kier molecular flexibility index (Phi) is 4.16. The molecule has 2 fully saturated rings. The minimum Gasteiger partial charge on any atom is -0.381 e. The first-order valence-corrected chi connectivity index (χ1v) is 8.72. The second kappa shape index (κ2) is 5.74. The van der Waals surface area contributed by atoms with Gasteiger partial charge in [-0.25, -0.2) is 4.98 Å². The Balaban J connectivity index is 1.78. The summed E-state index contributed by atoms with van der Waals surface area (Å²) in [5.41, 5.74) is 1.36. The number of nitrogens with one attached hydrogen (secondary N) is 1. The van der Waals surface area contributed by atoms with Crippen LogP contribution in [0.25, 0.3) is 0 Å². The van der Waals surface area contributed by atoms with Crippen LogP contribution in [0, 0.1) is 5.92 Å². The Labute approximate surface area is 126 Å². The molecule has 0 bridgehead atoms. The Morgan fingerprint density at radius 1 is 1.35 bits per heavy atom. The van der Waals surface area contributed by atoms with Gasteiger partial charge in [-0.15, -0.1) is 11.3 Å². The predicted molar refractivity (Wildman–Crippen MR) is 83.3 cm³/mol. The lowest BCUT2D eigenvalue weighted by atomic mass is 9.92. The van der Waals surface area contributed by atoms with Crippen LogP contribution < -0.4 is 5.32 Å². The fourth-order valence-corrected chi connectivity index (χ4v) is 3.91. The van der Waals surface area contributed by atoms with E-state index in [2.05, 4.69) is 31.5 Å². The number of hydrogen-bond donors (Lipinski definition) is 1. The standard InChI is InChI=1S/C16H26N2OS/c1-16(2,3)13-10-20-15(18-13)14(17-12-6-7-12)11-5-4-8-19-9-11/h10-12,14,17H,4-9H2,1-3H3. The first-order chi connectivity index (χ1) is 9.54. The van der Waals surface area contributed by atoms with E-state index in [-0.39, 0.29) is 5.41 Å². The highest BCUT2D eigenvalue weighted by atomic mass is 32.1. The van der Waals surface area contributed by atoms with Gasteiger partial charge in [0.05, 0.1) is 18.3 Å². The zero-order valence-electron chi connectivity index (χ0n) is 12.8. The first kappa shape index (κ1) is 14.5. The molecule has 0 spiro atoms. The molecule has 1 aromatic heterocycles. The Morgan fingerprint density at radius 2 is 2.15 bits per heavy atom. The third-order valence-electron chi connectivity index (χ3n) is 4.22. The summed E-state index contributed by atoms with van der Waals surface area (Å²) in [6, 6.07) is 1.10. The van der Waals surface area contributed by atoms with E-state index in [1.807, 2.05) is 11.3 Å². The molecule has 0 amide bonds. The molecule has 1 aromatic rings. The van der Waals surface area contributed by atoms with Gasteiger partial charge in [0, 0.05) is 29.4 Å². The van der Waals surface area contributed by atoms with Crippen molar-refractivity contribution in [3.63, 3.8) is 0 Å². The lowest BCUT2D eigenvalue weighted by Crippen LogP contribution is -2.34. The van der Waals surface area contributed by atoms with Crippen LogP contribution in [-0.2, 0) is 10.2 Å². The average molecular weight is 294 g/mol. The van der Waals surface area contributed by atoms with Gasteiger partial charge in [0.15, 0.2) is 0 Å². The van der Waals surface area contributed by atoms with Gasteiger partial charge >= 0.3 is 0 Å². The quantitative estimate of drug-likeness (QED) is 0.920. The Morgan fingerprint density at radius 3 is 2.70 bits per heavy atom. The summed E-state index contributed by atoms with van der Waals surface area (Å²) in [5.74, 6) is 0.586. The molecule has 2 aliphatic rings. The molecule has 3 nitrogen and oxygen atoms in total. The van der Waals surface area contributed by atoms with Crippen molar-refractivity contribution in [2.75, 3.05) is 13.2 Å². The summed E-state index contributed by atoms with van der Waals surface area (Å²) < 4.78 is 5.70. The number of nitrogens with zero attached hydrogens (tertiary/aromatic N) is 1. The van der Waals surface area contributed by atoms with Crippen LogP contribution in [0.15, 0.2) is 5.38 Å². The van der Waals surface area contributed by atoms with E-state index < -0.39 is 0 Å². The number of rotatable bonds is 4. The molecule has 1 aliphatic carbocycles. The molecule has 3 rings (SSSR count). The van der Waals surface area contributed by atoms with Crippen LogP contribution in [0.4, 0.5) is 0 Å². The Bertz CT molecular complexity index is 442. The van der Waals surface area contributed by atoms with E-state index >= 15 is 0 Å².